The monoisotopic (exact) mass is 361 g/mol. The summed E-state index contributed by atoms with van der Waals surface area (Å²) in [6.07, 6.45) is 2.77. The number of nitrogens with zero attached hydrogens (tertiary/aromatic N) is 1. The third kappa shape index (κ3) is 5.45. The maximum absolute atomic E-state index is 12.3. The highest BCUT2D eigenvalue weighted by molar-refractivity contribution is 7.92. The number of sulfonamides is 1. The van der Waals surface area contributed by atoms with Gasteiger partial charge < -0.3 is 0 Å². The van der Waals surface area contributed by atoms with Gasteiger partial charge in [0.25, 0.3) is 10.2 Å². The number of benzene rings is 1. The molecule has 0 aliphatic carbocycles. The highest BCUT2D eigenvalue weighted by Gasteiger charge is 2.26. The van der Waals surface area contributed by atoms with Crippen molar-refractivity contribution in [1.82, 2.24) is 9.03 Å². The molecule has 9 heteroatoms. The minimum absolute atomic E-state index is 0.0348. The molecule has 1 heterocycles. The van der Waals surface area contributed by atoms with Gasteiger partial charge >= 0.3 is 0 Å². The first-order valence-corrected chi connectivity index (χ1v) is 10.8. The van der Waals surface area contributed by atoms with Gasteiger partial charge in [0.15, 0.2) is 0 Å². The van der Waals surface area contributed by atoms with Crippen LogP contribution in [0.4, 0.5) is 5.69 Å². The Kier molecular flexibility index (Phi) is 5.66. The highest BCUT2D eigenvalue weighted by atomic mass is 32.2. The Balaban J connectivity index is 2.06. The fourth-order valence-corrected chi connectivity index (χ4v) is 4.27. The zero-order chi connectivity index (χ0) is 17.1. The second kappa shape index (κ2) is 7.16. The number of piperidine rings is 1. The van der Waals surface area contributed by atoms with Crippen LogP contribution >= 0.6 is 0 Å². The van der Waals surface area contributed by atoms with E-state index >= 15 is 0 Å². The van der Waals surface area contributed by atoms with Crippen LogP contribution in [0.1, 0.15) is 25.3 Å². The number of hydrogen-bond donors (Lipinski definition) is 2. The van der Waals surface area contributed by atoms with E-state index in [9.17, 15) is 16.8 Å². The van der Waals surface area contributed by atoms with Crippen molar-refractivity contribution in [3.05, 3.63) is 29.8 Å². The lowest BCUT2D eigenvalue weighted by Crippen LogP contribution is -2.44. The molecule has 0 bridgehead atoms. The standard InChI is InChI=1S/C14H23N3O4S2/c1-12-7-9-17(10-8-12)23(20,21)15-11-13-5-3-4-6-14(13)16-22(2,18)19/h3-6,12,15-16H,7-11H2,1-2H3. The lowest BCUT2D eigenvalue weighted by atomic mass is 10.0. The van der Waals surface area contributed by atoms with Gasteiger partial charge in [-0.05, 0) is 30.4 Å². The van der Waals surface area contributed by atoms with Gasteiger partial charge in [0, 0.05) is 19.6 Å². The summed E-state index contributed by atoms with van der Waals surface area (Å²) in [6, 6.07) is 6.72. The molecule has 1 saturated heterocycles. The molecule has 0 atom stereocenters. The fourth-order valence-electron chi connectivity index (χ4n) is 2.46. The smallest absolute Gasteiger partial charge is 0.279 e. The molecule has 2 rings (SSSR count). The Morgan fingerprint density at radius 2 is 1.74 bits per heavy atom. The molecule has 23 heavy (non-hydrogen) atoms. The largest absolute Gasteiger partial charge is 0.283 e. The molecule has 0 amide bonds. The lowest BCUT2D eigenvalue weighted by molar-refractivity contribution is 0.285. The van der Waals surface area contributed by atoms with Gasteiger partial charge in [0.2, 0.25) is 10.0 Å². The third-order valence-electron chi connectivity index (χ3n) is 3.84. The molecule has 0 radical (unpaired) electrons. The Morgan fingerprint density at radius 1 is 1.13 bits per heavy atom. The second-order valence-electron chi connectivity index (χ2n) is 5.94. The van der Waals surface area contributed by atoms with Gasteiger partial charge in [0.1, 0.15) is 0 Å². The van der Waals surface area contributed by atoms with Crippen molar-refractivity contribution >= 4 is 25.9 Å². The zero-order valence-corrected chi connectivity index (χ0v) is 15.0. The van der Waals surface area contributed by atoms with Gasteiger partial charge in [-0.2, -0.15) is 17.4 Å². The van der Waals surface area contributed by atoms with Crippen molar-refractivity contribution in [2.75, 3.05) is 24.1 Å². The summed E-state index contributed by atoms with van der Waals surface area (Å²) in [4.78, 5) is 0. The first-order valence-electron chi connectivity index (χ1n) is 7.48. The van der Waals surface area contributed by atoms with Crippen LogP contribution in [0.3, 0.4) is 0 Å². The van der Waals surface area contributed by atoms with Crippen LogP contribution in [-0.2, 0) is 26.8 Å². The zero-order valence-electron chi connectivity index (χ0n) is 13.3. The van der Waals surface area contributed by atoms with Crippen LogP contribution in [0.5, 0.6) is 0 Å². The number of nitrogens with one attached hydrogen (secondary N) is 2. The number of hydrogen-bond acceptors (Lipinski definition) is 4. The molecular formula is C14H23N3O4S2. The first-order chi connectivity index (χ1) is 10.7. The molecule has 2 N–H and O–H groups in total. The maximum atomic E-state index is 12.3. The van der Waals surface area contributed by atoms with E-state index in [0.717, 1.165) is 19.1 Å². The summed E-state index contributed by atoms with van der Waals surface area (Å²) in [5.41, 5.74) is 0.955. The van der Waals surface area contributed by atoms with Crippen molar-refractivity contribution < 1.29 is 16.8 Å². The van der Waals surface area contributed by atoms with Crippen molar-refractivity contribution in [3.8, 4) is 0 Å². The normalized spacial score (nSPS) is 18.0. The SMILES string of the molecule is CC1CCN(S(=O)(=O)NCc2ccccc2NS(C)(=O)=O)CC1. The molecule has 1 aliphatic heterocycles. The van der Waals surface area contributed by atoms with E-state index in [1.165, 1.54) is 4.31 Å². The predicted molar refractivity (Wildman–Crippen MR) is 90.6 cm³/mol. The number of anilines is 1. The molecule has 0 aromatic heterocycles. The maximum Gasteiger partial charge on any atom is 0.279 e. The van der Waals surface area contributed by atoms with Gasteiger partial charge in [-0.15, -0.1) is 0 Å². The average molecular weight is 361 g/mol. The highest BCUT2D eigenvalue weighted by Crippen LogP contribution is 2.19. The molecule has 0 saturated carbocycles. The Labute approximate surface area is 138 Å². The summed E-state index contributed by atoms with van der Waals surface area (Å²) in [7, 11) is -6.98. The molecule has 1 aromatic rings. The van der Waals surface area contributed by atoms with Gasteiger partial charge in [-0.25, -0.2) is 8.42 Å². The molecule has 7 nitrogen and oxygen atoms in total. The van der Waals surface area contributed by atoms with Crippen LogP contribution in [0, 0.1) is 5.92 Å². The van der Waals surface area contributed by atoms with E-state index in [1.807, 2.05) is 0 Å². The molecule has 1 fully saturated rings. The van der Waals surface area contributed by atoms with E-state index in [1.54, 1.807) is 24.3 Å². The fraction of sp³-hybridized carbons (Fsp3) is 0.571. The average Bonchev–Trinajstić information content (AvgIpc) is 2.45. The van der Waals surface area contributed by atoms with Crippen molar-refractivity contribution in [3.63, 3.8) is 0 Å². The second-order valence-corrected chi connectivity index (χ2v) is 9.44. The number of para-hydroxylation sites is 1. The van der Waals surface area contributed by atoms with Gasteiger partial charge in [-0.1, -0.05) is 25.1 Å². The minimum Gasteiger partial charge on any atom is -0.283 e. The Morgan fingerprint density at radius 3 is 2.35 bits per heavy atom. The van der Waals surface area contributed by atoms with E-state index in [-0.39, 0.29) is 6.54 Å². The predicted octanol–water partition coefficient (Wildman–Crippen LogP) is 1.12. The molecule has 1 aromatic carbocycles. The summed E-state index contributed by atoms with van der Waals surface area (Å²) in [5, 5.41) is 0. The Hall–Kier alpha value is -1.16. The van der Waals surface area contributed by atoms with E-state index in [2.05, 4.69) is 16.4 Å². The van der Waals surface area contributed by atoms with Crippen LogP contribution in [0.25, 0.3) is 0 Å². The number of rotatable bonds is 6. The van der Waals surface area contributed by atoms with Crippen molar-refractivity contribution in [2.24, 2.45) is 5.92 Å². The summed E-state index contributed by atoms with van der Waals surface area (Å²) >= 11 is 0. The van der Waals surface area contributed by atoms with Crippen LogP contribution in [0.2, 0.25) is 0 Å². The summed E-state index contributed by atoms with van der Waals surface area (Å²) in [6.45, 7) is 3.18. The van der Waals surface area contributed by atoms with E-state index in [0.29, 0.717) is 30.3 Å². The first kappa shape index (κ1) is 18.2. The van der Waals surface area contributed by atoms with Crippen LogP contribution < -0.4 is 9.44 Å². The van der Waals surface area contributed by atoms with E-state index in [4.69, 9.17) is 0 Å². The summed E-state index contributed by atoms with van der Waals surface area (Å²) in [5.74, 6) is 0.543. The van der Waals surface area contributed by atoms with Crippen LogP contribution in [0.15, 0.2) is 24.3 Å². The molecule has 0 spiro atoms. The van der Waals surface area contributed by atoms with Gasteiger partial charge in [-0.3, -0.25) is 4.72 Å². The Bertz CT molecular complexity index is 739. The molecule has 0 unspecified atom stereocenters. The molecular weight excluding hydrogens is 338 g/mol. The van der Waals surface area contributed by atoms with Gasteiger partial charge in [0.05, 0.1) is 11.9 Å². The quantitative estimate of drug-likeness (QED) is 0.794. The third-order valence-corrected chi connectivity index (χ3v) is 5.99. The summed E-state index contributed by atoms with van der Waals surface area (Å²) < 4.78 is 53.8. The van der Waals surface area contributed by atoms with E-state index < -0.39 is 20.2 Å². The van der Waals surface area contributed by atoms with Crippen LogP contribution in [-0.4, -0.2) is 40.5 Å². The molecule has 130 valence electrons. The lowest BCUT2D eigenvalue weighted by Gasteiger charge is -2.29. The minimum atomic E-state index is -3.56. The van der Waals surface area contributed by atoms with Crippen molar-refractivity contribution in [2.45, 2.75) is 26.3 Å². The molecule has 1 aliphatic rings. The van der Waals surface area contributed by atoms with Crippen molar-refractivity contribution in [1.29, 1.82) is 0 Å². The topological polar surface area (TPSA) is 95.6 Å².